The van der Waals surface area contributed by atoms with Gasteiger partial charge in [-0.05, 0) is 60.4 Å². The molecular formula is C17H23NO. The van der Waals surface area contributed by atoms with Gasteiger partial charge in [-0.15, -0.1) is 6.58 Å². The zero-order valence-corrected chi connectivity index (χ0v) is 11.7. The summed E-state index contributed by atoms with van der Waals surface area (Å²) < 4.78 is 0. The van der Waals surface area contributed by atoms with Crippen LogP contribution in [0.4, 0.5) is 0 Å². The molecule has 2 aliphatic rings. The SMILES string of the molecule is C=CCN1CC[C@@]2(C)c3cc(O)ccc3CC[C@H]2C1. The predicted octanol–water partition coefficient (Wildman–Crippen LogP) is 3.10. The molecule has 0 bridgehead atoms. The first-order valence-corrected chi connectivity index (χ1v) is 7.29. The Labute approximate surface area is 115 Å². The lowest BCUT2D eigenvalue weighted by molar-refractivity contribution is 0.0957. The highest BCUT2D eigenvalue weighted by Crippen LogP contribution is 2.47. The standard InChI is InChI=1S/C17H23NO/c1-3-9-18-10-8-17(2)14(12-18)6-4-13-5-7-15(19)11-16(13)17/h3,5,7,11,14,19H,1,4,6,8-10,12H2,2H3/t14-,17+/m0/s1. The van der Waals surface area contributed by atoms with Crippen LogP contribution in [0, 0.1) is 5.92 Å². The van der Waals surface area contributed by atoms with E-state index in [1.165, 1.54) is 24.0 Å². The van der Waals surface area contributed by atoms with E-state index in [1.54, 1.807) is 0 Å². The number of hydrogen-bond acceptors (Lipinski definition) is 2. The number of piperidine rings is 1. The Morgan fingerprint density at radius 2 is 2.37 bits per heavy atom. The molecule has 1 aromatic carbocycles. The minimum Gasteiger partial charge on any atom is -0.508 e. The van der Waals surface area contributed by atoms with Crippen LogP contribution in [0.2, 0.25) is 0 Å². The second-order valence-corrected chi connectivity index (χ2v) is 6.29. The van der Waals surface area contributed by atoms with Crippen LogP contribution < -0.4 is 0 Å². The summed E-state index contributed by atoms with van der Waals surface area (Å²) in [5.74, 6) is 1.12. The van der Waals surface area contributed by atoms with Gasteiger partial charge in [0.1, 0.15) is 5.75 Å². The molecule has 1 aliphatic heterocycles. The number of likely N-dealkylation sites (tertiary alicyclic amines) is 1. The maximum Gasteiger partial charge on any atom is 0.115 e. The molecule has 1 saturated heterocycles. The average molecular weight is 257 g/mol. The highest BCUT2D eigenvalue weighted by atomic mass is 16.3. The number of benzene rings is 1. The molecule has 0 radical (unpaired) electrons. The first kappa shape index (κ1) is 12.7. The second-order valence-electron chi connectivity index (χ2n) is 6.29. The number of phenols is 1. The Bertz CT molecular complexity index is 496. The molecule has 1 fully saturated rings. The summed E-state index contributed by atoms with van der Waals surface area (Å²) in [5, 5.41) is 9.81. The van der Waals surface area contributed by atoms with Gasteiger partial charge < -0.3 is 5.11 Å². The van der Waals surface area contributed by atoms with E-state index in [-0.39, 0.29) is 5.41 Å². The minimum absolute atomic E-state index is 0.240. The van der Waals surface area contributed by atoms with Gasteiger partial charge in [0.15, 0.2) is 0 Å². The monoisotopic (exact) mass is 257 g/mol. The quantitative estimate of drug-likeness (QED) is 0.823. The van der Waals surface area contributed by atoms with Crippen molar-refractivity contribution in [2.24, 2.45) is 5.92 Å². The zero-order valence-electron chi connectivity index (χ0n) is 11.7. The molecule has 2 atom stereocenters. The molecular weight excluding hydrogens is 234 g/mol. The van der Waals surface area contributed by atoms with Crippen molar-refractivity contribution in [3.05, 3.63) is 42.0 Å². The Balaban J connectivity index is 1.93. The van der Waals surface area contributed by atoms with Crippen LogP contribution in [0.5, 0.6) is 5.75 Å². The van der Waals surface area contributed by atoms with Gasteiger partial charge >= 0.3 is 0 Å². The number of rotatable bonds is 2. The van der Waals surface area contributed by atoms with Gasteiger partial charge in [0.2, 0.25) is 0 Å². The van der Waals surface area contributed by atoms with Gasteiger partial charge in [-0.25, -0.2) is 0 Å². The summed E-state index contributed by atoms with van der Waals surface area (Å²) in [4.78, 5) is 2.51. The molecule has 0 amide bonds. The summed E-state index contributed by atoms with van der Waals surface area (Å²) in [6, 6.07) is 5.95. The first-order valence-electron chi connectivity index (χ1n) is 7.29. The average Bonchev–Trinajstić information content (AvgIpc) is 2.40. The molecule has 0 aromatic heterocycles. The molecule has 19 heavy (non-hydrogen) atoms. The lowest BCUT2D eigenvalue weighted by Crippen LogP contribution is -2.50. The van der Waals surface area contributed by atoms with E-state index in [1.807, 2.05) is 18.2 Å². The molecule has 0 saturated carbocycles. The Kier molecular flexibility index (Phi) is 3.14. The van der Waals surface area contributed by atoms with Crippen molar-refractivity contribution in [1.82, 2.24) is 4.90 Å². The normalized spacial score (nSPS) is 30.5. The lowest BCUT2D eigenvalue weighted by atomic mass is 9.61. The van der Waals surface area contributed by atoms with Crippen molar-refractivity contribution >= 4 is 0 Å². The van der Waals surface area contributed by atoms with Crippen molar-refractivity contribution in [3.63, 3.8) is 0 Å². The van der Waals surface area contributed by atoms with E-state index >= 15 is 0 Å². The van der Waals surface area contributed by atoms with Crippen molar-refractivity contribution < 1.29 is 5.11 Å². The Hall–Kier alpha value is -1.28. The van der Waals surface area contributed by atoms with Gasteiger partial charge in [0.05, 0.1) is 0 Å². The van der Waals surface area contributed by atoms with Gasteiger partial charge in [0.25, 0.3) is 0 Å². The van der Waals surface area contributed by atoms with E-state index in [0.717, 1.165) is 26.1 Å². The van der Waals surface area contributed by atoms with E-state index in [2.05, 4.69) is 24.5 Å². The summed E-state index contributed by atoms with van der Waals surface area (Å²) in [6.45, 7) is 9.54. The fourth-order valence-electron chi connectivity index (χ4n) is 3.96. The van der Waals surface area contributed by atoms with Crippen LogP contribution in [-0.4, -0.2) is 29.6 Å². The maximum atomic E-state index is 9.81. The molecule has 1 aliphatic carbocycles. The van der Waals surface area contributed by atoms with Crippen LogP contribution in [0.1, 0.15) is 30.9 Å². The third-order valence-corrected chi connectivity index (χ3v) is 5.19. The minimum atomic E-state index is 0.240. The molecule has 1 heterocycles. The summed E-state index contributed by atoms with van der Waals surface area (Å²) in [6.07, 6.45) is 5.60. The van der Waals surface area contributed by atoms with E-state index < -0.39 is 0 Å². The highest BCUT2D eigenvalue weighted by molar-refractivity contribution is 5.42. The molecule has 102 valence electrons. The van der Waals surface area contributed by atoms with Crippen LogP contribution >= 0.6 is 0 Å². The largest absolute Gasteiger partial charge is 0.508 e. The number of aryl methyl sites for hydroxylation is 1. The van der Waals surface area contributed by atoms with Crippen LogP contribution in [0.3, 0.4) is 0 Å². The summed E-state index contributed by atoms with van der Waals surface area (Å²) >= 11 is 0. The topological polar surface area (TPSA) is 23.5 Å². The van der Waals surface area contributed by atoms with Gasteiger partial charge in [0, 0.05) is 13.1 Å². The summed E-state index contributed by atoms with van der Waals surface area (Å²) in [5.41, 5.74) is 3.07. The molecule has 2 heteroatoms. The number of hydrogen-bond donors (Lipinski definition) is 1. The van der Waals surface area contributed by atoms with Crippen molar-refractivity contribution in [1.29, 1.82) is 0 Å². The number of nitrogens with zero attached hydrogens (tertiary/aromatic N) is 1. The van der Waals surface area contributed by atoms with E-state index in [4.69, 9.17) is 0 Å². The fourth-order valence-corrected chi connectivity index (χ4v) is 3.96. The molecule has 1 N–H and O–H groups in total. The van der Waals surface area contributed by atoms with Crippen molar-refractivity contribution in [2.75, 3.05) is 19.6 Å². The Morgan fingerprint density at radius 3 is 3.16 bits per heavy atom. The molecule has 3 rings (SSSR count). The van der Waals surface area contributed by atoms with E-state index in [9.17, 15) is 5.11 Å². The van der Waals surface area contributed by atoms with Crippen LogP contribution in [-0.2, 0) is 11.8 Å². The predicted molar refractivity (Wildman–Crippen MR) is 78.5 cm³/mol. The van der Waals surface area contributed by atoms with Gasteiger partial charge in [-0.2, -0.15) is 0 Å². The lowest BCUT2D eigenvalue weighted by Gasteiger charge is -2.49. The zero-order chi connectivity index (χ0) is 13.5. The van der Waals surface area contributed by atoms with Crippen LogP contribution in [0.25, 0.3) is 0 Å². The number of phenolic OH excluding ortho intramolecular Hbond substituents is 1. The van der Waals surface area contributed by atoms with Crippen molar-refractivity contribution in [3.8, 4) is 5.75 Å². The van der Waals surface area contributed by atoms with Crippen LogP contribution in [0.15, 0.2) is 30.9 Å². The molecule has 0 spiro atoms. The molecule has 1 aromatic rings. The summed E-state index contributed by atoms with van der Waals surface area (Å²) in [7, 11) is 0. The number of fused-ring (bicyclic) bond motifs is 3. The molecule has 0 unspecified atom stereocenters. The smallest absolute Gasteiger partial charge is 0.115 e. The number of aromatic hydroxyl groups is 1. The Morgan fingerprint density at radius 1 is 1.53 bits per heavy atom. The maximum absolute atomic E-state index is 9.81. The highest BCUT2D eigenvalue weighted by Gasteiger charge is 2.43. The fraction of sp³-hybridized carbons (Fsp3) is 0.529. The van der Waals surface area contributed by atoms with Gasteiger partial charge in [-0.1, -0.05) is 19.1 Å². The third-order valence-electron chi connectivity index (χ3n) is 5.19. The molecule has 2 nitrogen and oxygen atoms in total. The van der Waals surface area contributed by atoms with Gasteiger partial charge in [-0.3, -0.25) is 4.90 Å². The van der Waals surface area contributed by atoms with Crippen molar-refractivity contribution in [2.45, 2.75) is 31.6 Å². The second kappa shape index (κ2) is 4.68. The van der Waals surface area contributed by atoms with E-state index in [0.29, 0.717) is 11.7 Å². The third kappa shape index (κ3) is 2.08. The first-order chi connectivity index (χ1) is 9.13.